The lowest BCUT2D eigenvalue weighted by atomic mass is 9.90. The van der Waals surface area contributed by atoms with Crippen molar-refractivity contribution in [2.45, 2.75) is 31.6 Å². The van der Waals surface area contributed by atoms with E-state index in [9.17, 15) is 9.59 Å². The molecule has 0 bridgehead atoms. The molecule has 35 heavy (non-hydrogen) atoms. The molecule has 2 heterocycles. The van der Waals surface area contributed by atoms with E-state index in [1.807, 2.05) is 30.3 Å². The van der Waals surface area contributed by atoms with Gasteiger partial charge < -0.3 is 29.5 Å². The number of hydrogen-bond acceptors (Lipinski definition) is 7. The highest BCUT2D eigenvalue weighted by Crippen LogP contribution is 2.33. The number of aliphatic carboxylic acids is 2. The van der Waals surface area contributed by atoms with Gasteiger partial charge in [-0.3, -0.25) is 0 Å². The molecule has 1 aliphatic rings. The Morgan fingerprint density at radius 2 is 1.74 bits per heavy atom. The monoisotopic (exact) mass is 482 g/mol. The van der Waals surface area contributed by atoms with E-state index in [1.54, 1.807) is 7.11 Å². The summed E-state index contributed by atoms with van der Waals surface area (Å²) < 4.78 is 16.9. The maximum Gasteiger partial charge on any atom is 0.328 e. The number of piperidine rings is 1. The average Bonchev–Trinajstić information content (AvgIpc) is 3.31. The molecular formula is C26H30N2O7. The number of para-hydroxylation sites is 2. The maximum atomic E-state index is 9.55. The molecule has 1 aromatic heterocycles. The first kappa shape index (κ1) is 25.8. The van der Waals surface area contributed by atoms with Gasteiger partial charge in [-0.1, -0.05) is 29.4 Å². The SMILES string of the molecule is COc1ccccc1OCCCc1cccc2onc(C3CCNCC3)c12.O=C(O)/C=C/C(=O)O. The van der Waals surface area contributed by atoms with Gasteiger partial charge in [-0.15, -0.1) is 0 Å². The molecule has 0 amide bonds. The fraction of sp³-hybridized carbons (Fsp3) is 0.346. The van der Waals surface area contributed by atoms with Crippen LogP contribution in [0, 0.1) is 0 Å². The number of rotatable bonds is 9. The van der Waals surface area contributed by atoms with Crippen LogP contribution in [-0.4, -0.2) is 54.1 Å². The first-order valence-electron chi connectivity index (χ1n) is 11.5. The van der Waals surface area contributed by atoms with Crippen molar-refractivity contribution >= 4 is 22.9 Å². The molecule has 0 aliphatic carbocycles. The molecule has 186 valence electrons. The summed E-state index contributed by atoms with van der Waals surface area (Å²) in [5.74, 6) is -0.469. The molecule has 2 aromatic carbocycles. The molecule has 3 N–H and O–H groups in total. The third-order valence-corrected chi connectivity index (χ3v) is 5.62. The highest BCUT2D eigenvalue weighted by Gasteiger charge is 2.23. The van der Waals surface area contributed by atoms with Crippen molar-refractivity contribution in [2.24, 2.45) is 0 Å². The van der Waals surface area contributed by atoms with Gasteiger partial charge in [0.15, 0.2) is 17.1 Å². The lowest BCUT2D eigenvalue weighted by molar-refractivity contribution is -0.134. The number of carboxylic acids is 2. The zero-order chi connectivity index (χ0) is 25.0. The van der Waals surface area contributed by atoms with Crippen LogP contribution in [-0.2, 0) is 16.0 Å². The molecule has 0 radical (unpaired) electrons. The van der Waals surface area contributed by atoms with Gasteiger partial charge in [0, 0.05) is 23.5 Å². The fourth-order valence-corrected chi connectivity index (χ4v) is 4.00. The first-order valence-corrected chi connectivity index (χ1v) is 11.5. The predicted molar refractivity (Wildman–Crippen MR) is 130 cm³/mol. The number of fused-ring (bicyclic) bond motifs is 1. The van der Waals surface area contributed by atoms with Crippen LogP contribution in [0.25, 0.3) is 11.0 Å². The van der Waals surface area contributed by atoms with Gasteiger partial charge in [0.1, 0.15) is 0 Å². The molecule has 0 unspecified atom stereocenters. The second kappa shape index (κ2) is 13.1. The Kier molecular flexibility index (Phi) is 9.68. The lowest BCUT2D eigenvalue weighted by Crippen LogP contribution is -2.26. The first-order chi connectivity index (χ1) is 17.0. The summed E-state index contributed by atoms with van der Waals surface area (Å²) in [7, 11) is 1.66. The Balaban J connectivity index is 0.000000371. The Morgan fingerprint density at radius 3 is 2.40 bits per heavy atom. The number of nitrogens with zero attached hydrogens (tertiary/aromatic N) is 1. The van der Waals surface area contributed by atoms with Crippen LogP contribution in [0.15, 0.2) is 59.1 Å². The Morgan fingerprint density at radius 1 is 1.06 bits per heavy atom. The van der Waals surface area contributed by atoms with Gasteiger partial charge in [-0.05, 0) is 62.5 Å². The van der Waals surface area contributed by atoms with Crippen LogP contribution in [0.4, 0.5) is 0 Å². The summed E-state index contributed by atoms with van der Waals surface area (Å²) in [5.41, 5.74) is 3.32. The van der Waals surface area contributed by atoms with Crippen molar-refractivity contribution in [2.75, 3.05) is 26.8 Å². The highest BCUT2D eigenvalue weighted by atomic mass is 16.5. The van der Waals surface area contributed by atoms with E-state index in [4.69, 9.17) is 24.2 Å². The normalized spacial score (nSPS) is 13.9. The van der Waals surface area contributed by atoms with Crippen molar-refractivity contribution in [3.8, 4) is 11.5 Å². The van der Waals surface area contributed by atoms with E-state index in [0.29, 0.717) is 24.7 Å². The number of methoxy groups -OCH3 is 1. The minimum atomic E-state index is -1.26. The van der Waals surface area contributed by atoms with Crippen molar-refractivity contribution in [1.82, 2.24) is 10.5 Å². The lowest BCUT2D eigenvalue weighted by Gasteiger charge is -2.21. The summed E-state index contributed by atoms with van der Waals surface area (Å²) in [4.78, 5) is 19.1. The van der Waals surface area contributed by atoms with E-state index < -0.39 is 11.9 Å². The zero-order valence-corrected chi connectivity index (χ0v) is 19.6. The number of carboxylic acid groups (broad SMARTS) is 2. The summed E-state index contributed by atoms with van der Waals surface area (Å²) >= 11 is 0. The van der Waals surface area contributed by atoms with E-state index in [0.717, 1.165) is 61.5 Å². The minimum absolute atomic E-state index is 0.485. The summed E-state index contributed by atoms with van der Waals surface area (Å²) in [6.07, 6.45) is 5.21. The minimum Gasteiger partial charge on any atom is -0.493 e. The van der Waals surface area contributed by atoms with Crippen LogP contribution < -0.4 is 14.8 Å². The van der Waals surface area contributed by atoms with Crippen molar-refractivity contribution in [3.63, 3.8) is 0 Å². The topological polar surface area (TPSA) is 131 Å². The van der Waals surface area contributed by atoms with E-state index in [2.05, 4.69) is 22.6 Å². The van der Waals surface area contributed by atoms with Gasteiger partial charge in [0.2, 0.25) is 0 Å². The Labute approximate surface area is 203 Å². The quantitative estimate of drug-likeness (QED) is 0.305. The van der Waals surface area contributed by atoms with E-state index in [1.165, 1.54) is 10.9 Å². The summed E-state index contributed by atoms with van der Waals surface area (Å²) in [6, 6.07) is 14.0. The number of aryl methyl sites for hydroxylation is 1. The molecule has 0 saturated carbocycles. The number of carbonyl (C=O) groups is 2. The van der Waals surface area contributed by atoms with Gasteiger partial charge >= 0.3 is 11.9 Å². The molecule has 9 nitrogen and oxygen atoms in total. The summed E-state index contributed by atoms with van der Waals surface area (Å²) in [6.45, 7) is 2.74. The Hall–Kier alpha value is -3.85. The largest absolute Gasteiger partial charge is 0.493 e. The third kappa shape index (κ3) is 7.58. The summed E-state index contributed by atoms with van der Waals surface area (Å²) in [5, 5.41) is 24.7. The molecule has 9 heteroatoms. The maximum absolute atomic E-state index is 9.55. The van der Waals surface area contributed by atoms with Crippen molar-refractivity contribution in [3.05, 3.63) is 65.9 Å². The predicted octanol–water partition coefficient (Wildman–Crippen LogP) is 4.03. The van der Waals surface area contributed by atoms with Crippen LogP contribution >= 0.6 is 0 Å². The van der Waals surface area contributed by atoms with Gasteiger partial charge in [0.05, 0.1) is 19.4 Å². The second-order valence-electron chi connectivity index (χ2n) is 8.00. The standard InChI is InChI=1S/C22H26N2O3.C4H4O4/c1-25-18-8-2-3-9-19(18)26-15-5-7-16-6-4-10-20-21(16)22(24-27-20)17-11-13-23-14-12-17;5-3(6)1-2-4(7)8/h2-4,6,8-10,17,23H,5,7,11-15H2,1H3;1-2H,(H,5,6)(H,7,8)/b;2-1+. The van der Waals surface area contributed by atoms with Crippen molar-refractivity contribution < 1.29 is 33.8 Å². The molecule has 0 spiro atoms. The van der Waals surface area contributed by atoms with E-state index in [-0.39, 0.29) is 0 Å². The Bertz CT molecular complexity index is 1130. The molecular weight excluding hydrogens is 452 g/mol. The second-order valence-corrected chi connectivity index (χ2v) is 8.00. The molecule has 0 atom stereocenters. The van der Waals surface area contributed by atoms with Crippen LogP contribution in [0.5, 0.6) is 11.5 Å². The molecule has 1 saturated heterocycles. The van der Waals surface area contributed by atoms with Gasteiger partial charge in [-0.2, -0.15) is 0 Å². The third-order valence-electron chi connectivity index (χ3n) is 5.62. The number of aromatic nitrogens is 1. The number of ether oxygens (including phenoxy) is 2. The van der Waals surface area contributed by atoms with Gasteiger partial charge in [-0.25, -0.2) is 9.59 Å². The number of nitrogens with one attached hydrogen (secondary N) is 1. The smallest absolute Gasteiger partial charge is 0.328 e. The van der Waals surface area contributed by atoms with E-state index >= 15 is 0 Å². The van der Waals surface area contributed by atoms with Gasteiger partial charge in [0.25, 0.3) is 0 Å². The van der Waals surface area contributed by atoms with Crippen LogP contribution in [0.3, 0.4) is 0 Å². The van der Waals surface area contributed by atoms with Crippen molar-refractivity contribution in [1.29, 1.82) is 0 Å². The molecule has 3 aromatic rings. The highest BCUT2D eigenvalue weighted by molar-refractivity contribution is 5.89. The zero-order valence-electron chi connectivity index (χ0n) is 19.6. The molecule has 4 rings (SSSR count). The van der Waals surface area contributed by atoms with Crippen LogP contribution in [0.2, 0.25) is 0 Å². The fourth-order valence-electron chi connectivity index (χ4n) is 4.00. The average molecular weight is 483 g/mol. The molecule has 1 fully saturated rings. The number of hydrogen-bond donors (Lipinski definition) is 3. The molecule has 1 aliphatic heterocycles. The number of benzene rings is 2. The van der Waals surface area contributed by atoms with Crippen LogP contribution in [0.1, 0.15) is 36.4 Å².